The van der Waals surface area contributed by atoms with Crippen LogP contribution in [0.2, 0.25) is 0 Å². The highest BCUT2D eigenvalue weighted by Gasteiger charge is 1.85. The van der Waals surface area contributed by atoms with Crippen molar-refractivity contribution in [2.45, 2.75) is 0 Å². The molecule has 0 amide bonds. The minimum Gasteiger partial charge on any atom is -0.0623 e. The highest BCUT2D eigenvalue weighted by Crippen LogP contribution is 2.01. The van der Waals surface area contributed by atoms with E-state index in [9.17, 15) is 0 Å². The van der Waals surface area contributed by atoms with Crippen molar-refractivity contribution in [1.82, 2.24) is 0 Å². The van der Waals surface area contributed by atoms with E-state index < -0.39 is 0 Å². The lowest BCUT2D eigenvalue weighted by molar-refractivity contribution is 1.64. The third-order valence-electron chi connectivity index (χ3n) is 2.12. The predicted molar refractivity (Wildman–Crippen MR) is 68.8 cm³/mol. The average Bonchev–Trinajstić information content (AvgIpc) is 2.29. The highest BCUT2D eigenvalue weighted by molar-refractivity contribution is 5.47. The van der Waals surface area contributed by atoms with Crippen LogP contribution in [0.25, 0.3) is 0 Å². The van der Waals surface area contributed by atoms with Gasteiger partial charge < -0.3 is 0 Å². The van der Waals surface area contributed by atoms with Crippen LogP contribution >= 0.6 is 0 Å². The number of hydrogen-bond acceptors (Lipinski definition) is 0. The summed E-state index contributed by atoms with van der Waals surface area (Å²) in [5, 5.41) is 0. The van der Waals surface area contributed by atoms with E-state index in [1.54, 1.807) is 0 Å². The molecule has 0 nitrogen and oxygen atoms in total. The summed E-state index contributed by atoms with van der Waals surface area (Å²) in [5.41, 5.74) is 2.06. The quantitative estimate of drug-likeness (QED) is 0.566. The van der Waals surface area contributed by atoms with Crippen molar-refractivity contribution < 1.29 is 0 Å². The number of hydrogen-bond donors (Lipinski definition) is 0. The van der Waals surface area contributed by atoms with Crippen LogP contribution in [-0.4, -0.2) is 0 Å². The molecule has 2 rings (SSSR count). The Kier molecular flexibility index (Phi) is 3.58. The summed E-state index contributed by atoms with van der Waals surface area (Å²) < 4.78 is 0. The Morgan fingerprint density at radius 1 is 0.688 bits per heavy atom. The molecule has 1 aliphatic carbocycles. The lowest BCUT2D eigenvalue weighted by atomic mass is 10.1. The molecular weight excluding hydrogens is 192 g/mol. The molecule has 0 fully saturated rings. The Bertz CT molecular complexity index is 514. The summed E-state index contributed by atoms with van der Waals surface area (Å²) >= 11 is 0. The standard InChI is InChI=1S/C16H12/c1-2-5-9-15(10-6-3-1)13-14-16-11-7-4-8-12-16/h1-12H. The van der Waals surface area contributed by atoms with Gasteiger partial charge in [0.05, 0.1) is 0 Å². The van der Waals surface area contributed by atoms with Crippen LogP contribution in [0.15, 0.2) is 78.4 Å². The van der Waals surface area contributed by atoms with Gasteiger partial charge in [0.1, 0.15) is 0 Å². The molecule has 1 aromatic rings. The Balaban J connectivity index is 2.19. The fraction of sp³-hybridized carbons (Fsp3) is 0. The van der Waals surface area contributed by atoms with E-state index in [1.807, 2.05) is 72.9 Å². The van der Waals surface area contributed by atoms with Gasteiger partial charge in [-0.25, -0.2) is 0 Å². The van der Waals surface area contributed by atoms with Crippen LogP contribution in [0.1, 0.15) is 5.56 Å². The zero-order chi connectivity index (χ0) is 11.1. The van der Waals surface area contributed by atoms with Crippen LogP contribution in [0.4, 0.5) is 0 Å². The van der Waals surface area contributed by atoms with Crippen LogP contribution in [-0.2, 0) is 0 Å². The summed E-state index contributed by atoms with van der Waals surface area (Å²) in [5.74, 6) is 6.28. The predicted octanol–water partition coefficient (Wildman–Crippen LogP) is 3.65. The van der Waals surface area contributed by atoms with Gasteiger partial charge in [0.15, 0.2) is 0 Å². The first-order valence-corrected chi connectivity index (χ1v) is 5.24. The van der Waals surface area contributed by atoms with Crippen molar-refractivity contribution in [3.8, 4) is 11.8 Å². The molecule has 76 valence electrons. The van der Waals surface area contributed by atoms with E-state index >= 15 is 0 Å². The fourth-order valence-corrected chi connectivity index (χ4v) is 1.32. The first kappa shape index (κ1) is 10.3. The summed E-state index contributed by atoms with van der Waals surface area (Å²) in [4.78, 5) is 0. The second-order valence-corrected chi connectivity index (χ2v) is 3.37. The monoisotopic (exact) mass is 204 g/mol. The van der Waals surface area contributed by atoms with Crippen molar-refractivity contribution >= 4 is 0 Å². The molecule has 0 unspecified atom stereocenters. The van der Waals surface area contributed by atoms with Gasteiger partial charge in [0.2, 0.25) is 0 Å². The zero-order valence-electron chi connectivity index (χ0n) is 8.93. The van der Waals surface area contributed by atoms with Gasteiger partial charge in [-0.3, -0.25) is 0 Å². The molecule has 0 N–H and O–H groups in total. The number of rotatable bonds is 0. The lowest BCUT2D eigenvalue weighted by Gasteiger charge is -1.90. The van der Waals surface area contributed by atoms with Gasteiger partial charge in [-0.2, -0.15) is 0 Å². The molecular formula is C16H12. The van der Waals surface area contributed by atoms with Crippen molar-refractivity contribution in [3.05, 3.63) is 84.0 Å². The van der Waals surface area contributed by atoms with E-state index in [0.717, 1.165) is 11.1 Å². The second-order valence-electron chi connectivity index (χ2n) is 3.37. The fourth-order valence-electron chi connectivity index (χ4n) is 1.32. The van der Waals surface area contributed by atoms with Gasteiger partial charge in [0.25, 0.3) is 0 Å². The average molecular weight is 204 g/mol. The van der Waals surface area contributed by atoms with Crippen LogP contribution in [0.5, 0.6) is 0 Å². The molecule has 0 saturated heterocycles. The van der Waals surface area contributed by atoms with Gasteiger partial charge in [-0.15, -0.1) is 0 Å². The molecule has 0 aliphatic heterocycles. The summed E-state index contributed by atoms with van der Waals surface area (Å²) in [6.45, 7) is 0. The van der Waals surface area contributed by atoms with Gasteiger partial charge in [0, 0.05) is 11.1 Å². The Hall–Kier alpha value is -2.26. The number of benzene rings is 1. The normalized spacial score (nSPS) is 13.4. The first-order chi connectivity index (χ1) is 7.95. The Labute approximate surface area is 96.3 Å². The first-order valence-electron chi connectivity index (χ1n) is 5.24. The van der Waals surface area contributed by atoms with Crippen molar-refractivity contribution in [1.29, 1.82) is 0 Å². The largest absolute Gasteiger partial charge is 0.0623 e. The second kappa shape index (κ2) is 5.58. The van der Waals surface area contributed by atoms with Crippen molar-refractivity contribution in [2.75, 3.05) is 0 Å². The third-order valence-corrected chi connectivity index (χ3v) is 2.12. The molecule has 16 heavy (non-hydrogen) atoms. The van der Waals surface area contributed by atoms with Gasteiger partial charge in [-0.05, 0) is 24.3 Å². The Morgan fingerprint density at radius 3 is 2.31 bits per heavy atom. The minimum atomic E-state index is 1.02. The molecule has 0 atom stereocenters. The molecule has 0 aromatic heterocycles. The SMILES string of the molecule is C(#Cc1ccccc1)C1=CC=CC=CC=C1. The van der Waals surface area contributed by atoms with E-state index in [4.69, 9.17) is 0 Å². The van der Waals surface area contributed by atoms with E-state index in [-0.39, 0.29) is 0 Å². The lowest BCUT2D eigenvalue weighted by Crippen LogP contribution is -1.75. The van der Waals surface area contributed by atoms with Crippen LogP contribution in [0.3, 0.4) is 0 Å². The van der Waals surface area contributed by atoms with E-state index in [1.165, 1.54) is 0 Å². The smallest absolute Gasteiger partial charge is 0.0249 e. The molecule has 0 saturated carbocycles. The van der Waals surface area contributed by atoms with Crippen LogP contribution in [0, 0.1) is 11.8 Å². The third kappa shape index (κ3) is 3.15. The summed E-state index contributed by atoms with van der Waals surface area (Å²) in [7, 11) is 0. The van der Waals surface area contributed by atoms with Crippen LogP contribution < -0.4 is 0 Å². The minimum absolute atomic E-state index is 1.02. The molecule has 0 bridgehead atoms. The van der Waals surface area contributed by atoms with Crippen molar-refractivity contribution in [3.63, 3.8) is 0 Å². The molecule has 0 heteroatoms. The van der Waals surface area contributed by atoms with Crippen molar-refractivity contribution in [2.24, 2.45) is 0 Å². The van der Waals surface area contributed by atoms with Gasteiger partial charge >= 0.3 is 0 Å². The topological polar surface area (TPSA) is 0 Å². The molecule has 0 radical (unpaired) electrons. The maximum Gasteiger partial charge on any atom is 0.0249 e. The molecule has 1 aliphatic rings. The maximum absolute atomic E-state index is 3.14. The zero-order valence-corrected chi connectivity index (χ0v) is 8.93. The summed E-state index contributed by atoms with van der Waals surface area (Å²) in [6.07, 6.45) is 14.0. The number of allylic oxidation sites excluding steroid dienone is 8. The van der Waals surface area contributed by atoms with E-state index in [2.05, 4.69) is 11.8 Å². The van der Waals surface area contributed by atoms with Gasteiger partial charge in [-0.1, -0.05) is 60.4 Å². The molecule has 0 heterocycles. The Morgan fingerprint density at radius 2 is 1.44 bits per heavy atom. The highest BCUT2D eigenvalue weighted by atomic mass is 13.9. The van der Waals surface area contributed by atoms with E-state index in [0.29, 0.717) is 0 Å². The summed E-state index contributed by atoms with van der Waals surface area (Å²) in [6, 6.07) is 10.0. The maximum atomic E-state index is 3.14. The molecule has 0 spiro atoms. The molecule has 1 aromatic carbocycles.